The van der Waals surface area contributed by atoms with Crippen LogP contribution in [-0.2, 0) is 14.4 Å². The van der Waals surface area contributed by atoms with Gasteiger partial charge in [-0.2, -0.15) is 0 Å². The van der Waals surface area contributed by atoms with Gasteiger partial charge in [0.2, 0.25) is 0 Å². The molecule has 2 aliphatic rings. The van der Waals surface area contributed by atoms with Crippen LogP contribution in [0.5, 0.6) is 0 Å². The molecule has 16 heteroatoms. The first kappa shape index (κ1) is 25.7. The molecule has 0 radical (unpaired) electrons. The molecule has 2 aromatic heterocycles. The molecule has 0 aromatic carbocycles. The Balaban J connectivity index is 1.53. The fourth-order valence-corrected chi connectivity index (χ4v) is 6.76. The molecule has 2 amide bonds. The van der Waals surface area contributed by atoms with Crippen molar-refractivity contribution < 1.29 is 24.7 Å². The second kappa shape index (κ2) is 11.2. The number of hydrogen-bond donors (Lipinski definition) is 5. The number of oxime groups is 1. The molecular weight excluding hydrogens is 528 g/mol. The number of rotatable bonds is 9. The van der Waals surface area contributed by atoms with Crippen LogP contribution in [0.15, 0.2) is 56.4 Å². The van der Waals surface area contributed by atoms with E-state index in [9.17, 15) is 24.7 Å². The topological polar surface area (TPSA) is 210 Å². The van der Waals surface area contributed by atoms with Crippen LogP contribution in [-0.4, -0.2) is 83.1 Å². The summed E-state index contributed by atoms with van der Waals surface area (Å²) >= 11 is 3.83. The first-order valence-electron chi connectivity index (χ1n) is 10.3. The lowest BCUT2D eigenvalue weighted by Gasteiger charge is -2.49. The third kappa shape index (κ3) is 5.11. The number of fused-ring (bicyclic) bond motifs is 1. The molecule has 188 valence electrons. The van der Waals surface area contributed by atoms with Crippen molar-refractivity contribution in [2.45, 2.75) is 21.5 Å². The highest BCUT2D eigenvalue weighted by Crippen LogP contribution is 2.45. The van der Waals surface area contributed by atoms with Crippen molar-refractivity contribution in [3.63, 3.8) is 0 Å². The van der Waals surface area contributed by atoms with Crippen molar-refractivity contribution >= 4 is 64.6 Å². The number of carbonyl (C=O) groups is 3. The van der Waals surface area contributed by atoms with E-state index < -0.39 is 34.9 Å². The number of nitrogens with one attached hydrogen (secondary N) is 1. The number of aliphatic carboxylic acids is 1. The van der Waals surface area contributed by atoms with Gasteiger partial charge in [-0.3, -0.25) is 14.5 Å². The number of hydrogen-bond acceptors (Lipinski definition) is 13. The SMILES string of the molecule is NCCSc1nccnc1SC1=C(C(=O)O)N2C(=O)C(NC(=O)/C(=N\O)c3cccc(N)n3)C2SC1. The summed E-state index contributed by atoms with van der Waals surface area (Å²) in [6.07, 6.45) is 3.04. The van der Waals surface area contributed by atoms with Gasteiger partial charge in [0.15, 0.2) is 5.71 Å². The highest BCUT2D eigenvalue weighted by Gasteiger charge is 2.54. The standard InChI is InChI=1S/C20H20N8O5S3/c21-4-7-34-16-17(24-6-5-23-16)36-10-8-35-19-13(18(30)28(19)14(10)20(31)32)26-15(29)12(27-33)9-2-1-3-11(22)25-9/h1-3,5-6,13,19,33H,4,7-8,21H2,(H2,22,25)(H,26,29)(H,31,32)/b27-12-. The van der Waals surface area contributed by atoms with Crippen LogP contribution in [0.4, 0.5) is 5.82 Å². The number of amides is 2. The number of nitrogens with zero attached hydrogens (tertiary/aromatic N) is 5. The number of aromatic nitrogens is 3. The molecule has 2 aliphatic heterocycles. The lowest BCUT2D eigenvalue weighted by molar-refractivity contribution is -0.150. The summed E-state index contributed by atoms with van der Waals surface area (Å²) in [7, 11) is 0. The van der Waals surface area contributed by atoms with Gasteiger partial charge in [-0.1, -0.05) is 23.0 Å². The second-order valence-electron chi connectivity index (χ2n) is 7.24. The van der Waals surface area contributed by atoms with E-state index in [1.54, 1.807) is 0 Å². The van der Waals surface area contributed by atoms with Crippen molar-refractivity contribution in [3.05, 3.63) is 46.9 Å². The maximum absolute atomic E-state index is 13.0. The minimum absolute atomic E-state index is 0.0204. The van der Waals surface area contributed by atoms with Gasteiger partial charge in [-0.25, -0.2) is 19.7 Å². The van der Waals surface area contributed by atoms with Crippen molar-refractivity contribution in [2.24, 2.45) is 10.9 Å². The number of pyridine rings is 1. The second-order valence-corrected chi connectivity index (χ2v) is 10.5. The van der Waals surface area contributed by atoms with Crippen LogP contribution in [0.2, 0.25) is 0 Å². The summed E-state index contributed by atoms with van der Waals surface area (Å²) in [6.45, 7) is 0.442. The quantitative estimate of drug-likeness (QED) is 0.0931. The number of carbonyl (C=O) groups excluding carboxylic acids is 2. The maximum Gasteiger partial charge on any atom is 0.353 e. The minimum atomic E-state index is -1.28. The normalized spacial score (nSPS) is 19.5. The van der Waals surface area contributed by atoms with Gasteiger partial charge in [0.05, 0.1) is 0 Å². The number of anilines is 1. The molecule has 13 nitrogen and oxygen atoms in total. The summed E-state index contributed by atoms with van der Waals surface area (Å²) < 4.78 is 0. The number of carboxylic acid groups (broad SMARTS) is 1. The summed E-state index contributed by atoms with van der Waals surface area (Å²) in [5.41, 5.74) is 10.6. The van der Waals surface area contributed by atoms with Crippen LogP contribution in [0, 0.1) is 0 Å². The third-order valence-corrected chi connectivity index (χ3v) is 8.64. The zero-order valence-electron chi connectivity index (χ0n) is 18.4. The van der Waals surface area contributed by atoms with Gasteiger partial charge in [0, 0.05) is 35.3 Å². The summed E-state index contributed by atoms with van der Waals surface area (Å²) in [5.74, 6) is -1.74. The highest BCUT2D eigenvalue weighted by atomic mass is 32.2. The van der Waals surface area contributed by atoms with Crippen LogP contribution < -0.4 is 16.8 Å². The smallest absolute Gasteiger partial charge is 0.353 e. The lowest BCUT2D eigenvalue weighted by Crippen LogP contribution is -2.71. The summed E-state index contributed by atoms with van der Waals surface area (Å²) in [6, 6.07) is 3.44. The van der Waals surface area contributed by atoms with E-state index in [-0.39, 0.29) is 23.0 Å². The fraction of sp³-hybridized carbons (Fsp3) is 0.250. The molecule has 1 fully saturated rings. The fourth-order valence-electron chi connectivity index (χ4n) is 3.43. The molecule has 2 unspecified atom stereocenters. The van der Waals surface area contributed by atoms with Crippen molar-refractivity contribution in [1.82, 2.24) is 25.2 Å². The predicted molar refractivity (Wildman–Crippen MR) is 134 cm³/mol. The Hall–Kier alpha value is -3.34. The number of nitrogen functional groups attached to an aromatic ring is 1. The maximum atomic E-state index is 13.0. The third-order valence-electron chi connectivity index (χ3n) is 4.96. The monoisotopic (exact) mass is 548 g/mol. The van der Waals surface area contributed by atoms with E-state index in [0.29, 0.717) is 27.3 Å². The van der Waals surface area contributed by atoms with Crippen LogP contribution in [0.1, 0.15) is 5.69 Å². The Morgan fingerprint density at radius 1 is 1.28 bits per heavy atom. The average molecular weight is 549 g/mol. The van der Waals surface area contributed by atoms with E-state index in [1.165, 1.54) is 54.1 Å². The predicted octanol–water partition coefficient (Wildman–Crippen LogP) is 0.171. The molecule has 7 N–H and O–H groups in total. The van der Waals surface area contributed by atoms with E-state index in [1.807, 2.05) is 0 Å². The largest absolute Gasteiger partial charge is 0.477 e. The molecule has 4 rings (SSSR count). The van der Waals surface area contributed by atoms with E-state index in [2.05, 4.69) is 25.4 Å². The highest BCUT2D eigenvalue weighted by molar-refractivity contribution is 8.07. The molecule has 0 saturated carbocycles. The molecule has 0 bridgehead atoms. The molecule has 0 spiro atoms. The van der Waals surface area contributed by atoms with Gasteiger partial charge in [0.25, 0.3) is 11.8 Å². The first-order valence-corrected chi connectivity index (χ1v) is 13.2. The minimum Gasteiger partial charge on any atom is -0.477 e. The Morgan fingerprint density at radius 3 is 2.69 bits per heavy atom. The molecule has 0 aliphatic carbocycles. The van der Waals surface area contributed by atoms with Gasteiger partial charge in [-0.15, -0.1) is 23.5 Å². The van der Waals surface area contributed by atoms with Gasteiger partial charge < -0.3 is 27.1 Å². The summed E-state index contributed by atoms with van der Waals surface area (Å²) in [4.78, 5) is 52.0. The Labute approximate surface area is 217 Å². The molecule has 1 saturated heterocycles. The Kier molecular flexibility index (Phi) is 7.97. The zero-order chi connectivity index (χ0) is 25.8. The van der Waals surface area contributed by atoms with Gasteiger partial charge in [0.1, 0.15) is 38.7 Å². The van der Waals surface area contributed by atoms with Gasteiger partial charge in [-0.05, 0) is 12.1 Å². The van der Waals surface area contributed by atoms with Crippen LogP contribution in [0.25, 0.3) is 0 Å². The molecule has 4 heterocycles. The number of β-lactam (4-membered cyclic amide) rings is 1. The van der Waals surface area contributed by atoms with Crippen LogP contribution in [0.3, 0.4) is 0 Å². The Bertz CT molecular complexity index is 1270. The zero-order valence-corrected chi connectivity index (χ0v) is 20.8. The number of carboxylic acids is 1. The van der Waals surface area contributed by atoms with Crippen molar-refractivity contribution in [3.8, 4) is 0 Å². The van der Waals surface area contributed by atoms with Crippen LogP contribution >= 0.6 is 35.3 Å². The summed E-state index contributed by atoms with van der Waals surface area (Å²) in [5, 5.41) is 25.2. The first-order chi connectivity index (χ1) is 17.3. The van der Waals surface area contributed by atoms with E-state index in [0.717, 1.165) is 16.7 Å². The molecule has 2 aromatic rings. The van der Waals surface area contributed by atoms with Gasteiger partial charge >= 0.3 is 5.97 Å². The van der Waals surface area contributed by atoms with Crippen molar-refractivity contribution in [2.75, 3.05) is 23.8 Å². The lowest BCUT2D eigenvalue weighted by atomic mass is 10.0. The Morgan fingerprint density at radius 2 is 2.03 bits per heavy atom. The molecule has 2 atom stereocenters. The number of thioether (sulfide) groups is 3. The molecular formula is C20H20N8O5S3. The average Bonchev–Trinajstić information content (AvgIpc) is 2.86. The van der Waals surface area contributed by atoms with Crippen molar-refractivity contribution in [1.29, 1.82) is 0 Å². The van der Waals surface area contributed by atoms with E-state index in [4.69, 9.17) is 11.5 Å². The number of nitrogens with two attached hydrogens (primary N) is 2. The molecule has 36 heavy (non-hydrogen) atoms. The van der Waals surface area contributed by atoms with E-state index >= 15 is 0 Å².